The molecule has 1 fully saturated rings. The quantitative estimate of drug-likeness (QED) is 0.0262. The zero-order valence-corrected chi connectivity index (χ0v) is 76.5. The summed E-state index contributed by atoms with van der Waals surface area (Å²) in [6, 6.07) is 0. The SMILES string of the molecule is CCCCCCCCCCCCCCCCCC[C@H](C)[C@H](CCCCCCCCCCCCCCCC[C@H](C)C1C[C@H]1CCCCCCCCC=CCCCCCCCC[C@@H](O[Si](C)(C)C(C)(C)C)C(CCCCCCCCCCCCCCCCCCCCCCCCOC(=O)C(C)(C)C)C(=O)OC)OC. The van der Waals surface area contributed by atoms with Gasteiger partial charge in [-0.05, 0) is 127 Å². The van der Waals surface area contributed by atoms with E-state index in [1.165, 1.54) is 437 Å². The maximum atomic E-state index is 13.4. The lowest BCUT2D eigenvalue weighted by Gasteiger charge is -2.41. The monoisotopic (exact) mass is 1520 g/mol. The second-order valence-corrected chi connectivity index (χ2v) is 43.1. The van der Waals surface area contributed by atoms with Crippen molar-refractivity contribution in [2.45, 2.75) is 561 Å². The topological polar surface area (TPSA) is 71.1 Å². The van der Waals surface area contributed by atoms with Gasteiger partial charge < -0.3 is 18.6 Å². The average Bonchev–Trinajstić information content (AvgIpc) is 1.55. The molecule has 7 heteroatoms. The molecule has 0 aromatic rings. The van der Waals surface area contributed by atoms with Gasteiger partial charge in [0.05, 0.1) is 37.3 Å². The molecule has 1 aliphatic carbocycles. The van der Waals surface area contributed by atoms with Crippen LogP contribution in [-0.2, 0) is 28.2 Å². The van der Waals surface area contributed by atoms with Gasteiger partial charge >= 0.3 is 11.9 Å². The molecule has 0 bridgehead atoms. The Bertz CT molecular complexity index is 1900. The van der Waals surface area contributed by atoms with Crippen LogP contribution in [0.15, 0.2) is 12.2 Å². The van der Waals surface area contributed by atoms with Gasteiger partial charge in [0.15, 0.2) is 8.32 Å². The second-order valence-electron chi connectivity index (χ2n) is 38.4. The maximum absolute atomic E-state index is 13.4. The van der Waals surface area contributed by atoms with E-state index in [0.29, 0.717) is 18.6 Å². The van der Waals surface area contributed by atoms with Gasteiger partial charge in [-0.25, -0.2) is 0 Å². The molecule has 0 spiro atoms. The Labute approximate surface area is 673 Å². The molecule has 0 heterocycles. The highest BCUT2D eigenvalue weighted by Crippen LogP contribution is 2.49. The van der Waals surface area contributed by atoms with Crippen LogP contribution in [0.5, 0.6) is 0 Å². The van der Waals surface area contributed by atoms with Crippen LogP contribution in [0.2, 0.25) is 18.1 Å². The van der Waals surface area contributed by atoms with E-state index in [-0.39, 0.29) is 29.0 Å². The summed E-state index contributed by atoms with van der Waals surface area (Å²) in [6.45, 7) is 25.3. The summed E-state index contributed by atoms with van der Waals surface area (Å²) in [6.07, 6.45) is 106. The van der Waals surface area contributed by atoms with E-state index in [0.717, 1.165) is 49.9 Å². The zero-order chi connectivity index (χ0) is 78.3. The molecule has 107 heavy (non-hydrogen) atoms. The van der Waals surface area contributed by atoms with Crippen LogP contribution in [0.25, 0.3) is 0 Å². The number of unbranched alkanes of at least 4 members (excludes halogenated alkanes) is 61. The largest absolute Gasteiger partial charge is 0.469 e. The minimum absolute atomic E-state index is 0.0369. The lowest BCUT2D eigenvalue weighted by Crippen LogP contribution is -2.47. The number of carbonyl (C=O) groups is 2. The van der Waals surface area contributed by atoms with Crippen molar-refractivity contribution in [1.29, 1.82) is 0 Å². The van der Waals surface area contributed by atoms with Crippen molar-refractivity contribution in [2.24, 2.45) is 35.0 Å². The van der Waals surface area contributed by atoms with E-state index in [9.17, 15) is 9.59 Å². The highest BCUT2D eigenvalue weighted by molar-refractivity contribution is 6.74. The first kappa shape index (κ1) is 104. The molecule has 0 aromatic carbocycles. The molecule has 0 radical (unpaired) electrons. The van der Waals surface area contributed by atoms with Gasteiger partial charge in [-0.2, -0.15) is 0 Å². The number of rotatable bonds is 84. The summed E-state index contributed by atoms with van der Waals surface area (Å²) in [7, 11) is 1.48. The predicted octanol–water partition coefficient (Wildman–Crippen LogP) is 34.3. The fourth-order valence-corrected chi connectivity index (χ4v) is 18.5. The normalized spacial score (nSPS) is 15.7. The van der Waals surface area contributed by atoms with Crippen molar-refractivity contribution in [2.75, 3.05) is 20.8 Å². The molecule has 1 rings (SSSR count). The molecule has 0 aliphatic heterocycles. The third kappa shape index (κ3) is 64.7. The van der Waals surface area contributed by atoms with Crippen LogP contribution < -0.4 is 0 Å². The van der Waals surface area contributed by atoms with Gasteiger partial charge in [0.2, 0.25) is 0 Å². The number of hydrogen-bond acceptors (Lipinski definition) is 6. The van der Waals surface area contributed by atoms with Gasteiger partial charge in [0, 0.05) is 7.11 Å². The minimum atomic E-state index is -2.06. The van der Waals surface area contributed by atoms with Crippen molar-refractivity contribution in [3.63, 3.8) is 0 Å². The molecule has 2 unspecified atom stereocenters. The first-order valence-corrected chi connectivity index (χ1v) is 51.9. The van der Waals surface area contributed by atoms with Crippen LogP contribution in [0.4, 0.5) is 0 Å². The molecule has 0 amide bonds. The van der Waals surface area contributed by atoms with Crippen molar-refractivity contribution in [1.82, 2.24) is 0 Å². The molecule has 0 saturated heterocycles. The maximum Gasteiger partial charge on any atom is 0.311 e. The number of methoxy groups -OCH3 is 2. The van der Waals surface area contributed by atoms with E-state index in [1.807, 2.05) is 27.9 Å². The molecule has 1 saturated carbocycles. The summed E-state index contributed by atoms with van der Waals surface area (Å²) in [5.41, 5.74) is -0.390. The second kappa shape index (κ2) is 73.7. The lowest BCUT2D eigenvalue weighted by atomic mass is 9.91. The van der Waals surface area contributed by atoms with Crippen molar-refractivity contribution < 1.29 is 28.2 Å². The number of carbonyl (C=O) groups excluding carboxylic acids is 2. The van der Waals surface area contributed by atoms with E-state index < -0.39 is 13.7 Å². The summed E-state index contributed by atoms with van der Waals surface area (Å²) < 4.78 is 24.0. The zero-order valence-electron chi connectivity index (χ0n) is 75.5. The molecule has 636 valence electrons. The summed E-state index contributed by atoms with van der Waals surface area (Å²) >= 11 is 0. The summed E-state index contributed by atoms with van der Waals surface area (Å²) in [5.74, 6) is 3.49. The molecule has 1 aliphatic rings. The molecule has 7 atom stereocenters. The van der Waals surface area contributed by atoms with Gasteiger partial charge in [-0.1, -0.05) is 458 Å². The summed E-state index contributed by atoms with van der Waals surface area (Å²) in [5, 5.41) is 0.108. The average molecular weight is 1520 g/mol. The number of hydrogen-bond donors (Lipinski definition) is 0. The fourth-order valence-electron chi connectivity index (χ4n) is 17.1. The summed E-state index contributed by atoms with van der Waals surface area (Å²) in [4.78, 5) is 25.3. The third-order valence-electron chi connectivity index (χ3n) is 26.0. The van der Waals surface area contributed by atoms with E-state index in [2.05, 4.69) is 66.8 Å². The van der Waals surface area contributed by atoms with Gasteiger partial charge in [0.25, 0.3) is 0 Å². The Balaban J connectivity index is 1.99. The van der Waals surface area contributed by atoms with Crippen LogP contribution in [-0.4, -0.2) is 53.3 Å². The minimum Gasteiger partial charge on any atom is -0.469 e. The van der Waals surface area contributed by atoms with Crippen molar-refractivity contribution >= 4 is 20.3 Å². The van der Waals surface area contributed by atoms with E-state index in [4.69, 9.17) is 18.6 Å². The number of esters is 2. The highest BCUT2D eigenvalue weighted by atomic mass is 28.4. The van der Waals surface area contributed by atoms with Gasteiger partial charge in [-0.3, -0.25) is 9.59 Å². The third-order valence-corrected chi connectivity index (χ3v) is 30.5. The van der Waals surface area contributed by atoms with Crippen molar-refractivity contribution in [3.05, 3.63) is 12.2 Å². The van der Waals surface area contributed by atoms with Gasteiger partial charge in [-0.15, -0.1) is 0 Å². The standard InChI is InChI=1S/C100H196O6Si/c1-14-15-16-17-18-19-20-21-22-33-41-48-55-62-69-76-83-91(3)95(103-10)86-79-72-65-58-51-44-38-37-40-47-54-61-68-75-82-90(2)94-89-92(94)84-77-70-63-56-49-42-34-30-31-36-45-52-59-66-73-80-87-96(106-107(12,13)100(7,8)9)93(97(101)104-11)85-78-71-64-57-50-43-35-29-27-25-23-24-26-28-32-39-46-53-60-67-74-81-88-105-98(102)99(4,5)6/h30-31,90-96H,14-29,32-89H2,1-13H3/t90-,91-,92+,93?,94?,95-,96+/m0/s1. The Kier molecular flexibility index (Phi) is 71.5. The predicted molar refractivity (Wildman–Crippen MR) is 476 cm³/mol. The smallest absolute Gasteiger partial charge is 0.311 e. The molecule has 6 nitrogen and oxygen atoms in total. The van der Waals surface area contributed by atoms with Crippen LogP contribution >= 0.6 is 0 Å². The van der Waals surface area contributed by atoms with Crippen molar-refractivity contribution in [3.8, 4) is 0 Å². The van der Waals surface area contributed by atoms with Crippen LogP contribution in [0.3, 0.4) is 0 Å². The Morgan fingerprint density at radius 2 is 0.673 bits per heavy atom. The fraction of sp³-hybridized carbons (Fsp3) is 0.960. The number of ether oxygens (including phenoxy) is 3. The Morgan fingerprint density at radius 3 is 1.01 bits per heavy atom. The molecular formula is C100H196O6Si. The van der Waals surface area contributed by atoms with Crippen LogP contribution in [0.1, 0.15) is 531 Å². The Morgan fingerprint density at radius 1 is 0.374 bits per heavy atom. The molecule has 0 aromatic heterocycles. The van der Waals surface area contributed by atoms with E-state index in [1.54, 1.807) is 7.11 Å². The first-order chi connectivity index (χ1) is 51.9. The number of allylic oxidation sites excluding steroid dienone is 2. The lowest BCUT2D eigenvalue weighted by molar-refractivity contribution is -0.153. The molecular weight excluding hydrogens is 1330 g/mol. The van der Waals surface area contributed by atoms with E-state index >= 15 is 0 Å². The molecule has 0 N–H and O–H groups in total. The highest BCUT2D eigenvalue weighted by Gasteiger charge is 2.42. The Hall–Kier alpha value is -1.18. The van der Waals surface area contributed by atoms with Gasteiger partial charge in [0.1, 0.15) is 0 Å². The van der Waals surface area contributed by atoms with Crippen LogP contribution in [0, 0.1) is 35.0 Å². The first-order valence-electron chi connectivity index (χ1n) is 49.0.